The number of anilines is 1. The summed E-state index contributed by atoms with van der Waals surface area (Å²) in [5, 5.41) is 4.88. The number of amides is 1. The van der Waals surface area contributed by atoms with Gasteiger partial charge in [0, 0.05) is 19.8 Å². The Balaban J connectivity index is 1.51. The average molecular weight is 394 g/mol. The van der Waals surface area contributed by atoms with Crippen molar-refractivity contribution in [2.24, 2.45) is 0 Å². The molecule has 0 saturated carbocycles. The van der Waals surface area contributed by atoms with Crippen molar-refractivity contribution in [2.45, 2.75) is 32.8 Å². The quantitative estimate of drug-likeness (QED) is 0.657. The Morgan fingerprint density at radius 2 is 2.14 bits per heavy atom. The molecular formula is C22H26N4O3. The second-order valence-corrected chi connectivity index (χ2v) is 7.73. The van der Waals surface area contributed by atoms with Crippen LogP contribution in [-0.2, 0) is 0 Å². The molecule has 3 aromatic rings. The Hall–Kier alpha value is -3.09. The third-order valence-electron chi connectivity index (χ3n) is 5.28. The lowest BCUT2D eigenvalue weighted by atomic mass is 10.1. The molecule has 1 atom stereocenters. The summed E-state index contributed by atoms with van der Waals surface area (Å²) in [6, 6.07) is 9.85. The average Bonchev–Trinajstić information content (AvgIpc) is 3.16. The zero-order valence-corrected chi connectivity index (χ0v) is 17.3. The molecule has 7 nitrogen and oxygen atoms in total. The highest BCUT2D eigenvalue weighted by Gasteiger charge is 2.27. The van der Waals surface area contributed by atoms with E-state index in [1.165, 1.54) is 0 Å². The molecule has 0 unspecified atom stereocenters. The molecule has 1 aliphatic rings. The topological polar surface area (TPSA) is 71.7 Å². The summed E-state index contributed by atoms with van der Waals surface area (Å²) < 4.78 is 11.4. The van der Waals surface area contributed by atoms with E-state index < -0.39 is 0 Å². The molecule has 152 valence electrons. The van der Waals surface area contributed by atoms with Crippen molar-refractivity contribution in [1.29, 1.82) is 0 Å². The molecule has 3 heterocycles. The van der Waals surface area contributed by atoms with E-state index in [0.717, 1.165) is 35.6 Å². The van der Waals surface area contributed by atoms with Gasteiger partial charge >= 0.3 is 0 Å². The minimum Gasteiger partial charge on any atom is -0.485 e. The Bertz CT molecular complexity index is 1030. The minimum atomic E-state index is -0.0997. The van der Waals surface area contributed by atoms with Crippen LogP contribution in [0, 0.1) is 0 Å². The summed E-state index contributed by atoms with van der Waals surface area (Å²) in [7, 11) is 1.80. The largest absolute Gasteiger partial charge is 0.485 e. The first-order valence-electron chi connectivity index (χ1n) is 9.99. The van der Waals surface area contributed by atoms with E-state index in [2.05, 4.69) is 28.0 Å². The minimum absolute atomic E-state index is 0.0965. The maximum atomic E-state index is 13.0. The van der Waals surface area contributed by atoms with Crippen LogP contribution in [0.15, 0.2) is 41.1 Å². The number of para-hydroxylation sites is 2. The lowest BCUT2D eigenvalue weighted by Gasteiger charge is -2.37. The van der Waals surface area contributed by atoms with E-state index in [9.17, 15) is 4.79 Å². The highest BCUT2D eigenvalue weighted by molar-refractivity contribution is 5.97. The molecule has 0 fully saturated rings. The number of hydrogen-bond acceptors (Lipinski definition) is 6. The van der Waals surface area contributed by atoms with Crippen LogP contribution in [0.25, 0.3) is 11.1 Å². The van der Waals surface area contributed by atoms with Gasteiger partial charge in [0.1, 0.15) is 11.9 Å². The number of carbonyl (C=O) groups is 1. The van der Waals surface area contributed by atoms with Crippen molar-refractivity contribution < 1.29 is 14.1 Å². The van der Waals surface area contributed by atoms with Crippen molar-refractivity contribution in [2.75, 3.05) is 31.6 Å². The summed E-state index contributed by atoms with van der Waals surface area (Å²) in [5.74, 6) is 0.957. The van der Waals surface area contributed by atoms with Gasteiger partial charge in [-0.25, -0.2) is 4.98 Å². The number of hydrogen-bond donors (Lipinski definition) is 0. The zero-order chi connectivity index (χ0) is 20.5. The van der Waals surface area contributed by atoms with E-state index in [1.807, 2.05) is 38.1 Å². The molecular weight excluding hydrogens is 368 g/mol. The predicted octanol–water partition coefficient (Wildman–Crippen LogP) is 3.71. The fourth-order valence-corrected chi connectivity index (χ4v) is 3.77. The van der Waals surface area contributed by atoms with Gasteiger partial charge in [0.25, 0.3) is 11.6 Å². The molecule has 4 rings (SSSR count). The van der Waals surface area contributed by atoms with Crippen LogP contribution in [-0.4, -0.2) is 53.7 Å². The Kier molecular flexibility index (Phi) is 5.13. The number of carbonyl (C=O) groups excluding carboxylic acids is 1. The molecule has 1 aromatic carbocycles. The molecule has 2 aromatic heterocycles. The second kappa shape index (κ2) is 7.73. The SMILES string of the molecule is CCN1C[C@H](CN(C)C(=O)c2cnc3onc(C(C)C)c3c2)Oc2ccccc21. The van der Waals surface area contributed by atoms with Gasteiger partial charge in [-0.2, -0.15) is 0 Å². The van der Waals surface area contributed by atoms with E-state index in [4.69, 9.17) is 9.26 Å². The van der Waals surface area contributed by atoms with Crippen LogP contribution in [0.2, 0.25) is 0 Å². The number of nitrogens with zero attached hydrogens (tertiary/aromatic N) is 4. The number of pyridine rings is 1. The van der Waals surface area contributed by atoms with Crippen molar-refractivity contribution >= 4 is 22.7 Å². The first kappa shape index (κ1) is 19.2. The molecule has 0 N–H and O–H groups in total. The maximum absolute atomic E-state index is 13.0. The van der Waals surface area contributed by atoms with Crippen molar-refractivity contribution in [3.63, 3.8) is 0 Å². The van der Waals surface area contributed by atoms with Crippen LogP contribution < -0.4 is 9.64 Å². The molecule has 1 aliphatic heterocycles. The van der Waals surface area contributed by atoms with Crippen molar-refractivity contribution in [3.05, 3.63) is 47.8 Å². The Morgan fingerprint density at radius 1 is 1.34 bits per heavy atom. The smallest absolute Gasteiger partial charge is 0.257 e. The number of benzene rings is 1. The summed E-state index contributed by atoms with van der Waals surface area (Å²) >= 11 is 0. The van der Waals surface area contributed by atoms with E-state index in [0.29, 0.717) is 17.8 Å². The van der Waals surface area contributed by atoms with Gasteiger partial charge in [-0.05, 0) is 31.0 Å². The van der Waals surface area contributed by atoms with Crippen LogP contribution in [0.1, 0.15) is 42.7 Å². The van der Waals surface area contributed by atoms with Crippen LogP contribution in [0.5, 0.6) is 5.75 Å². The third kappa shape index (κ3) is 3.64. The van der Waals surface area contributed by atoms with Crippen molar-refractivity contribution in [1.82, 2.24) is 15.0 Å². The van der Waals surface area contributed by atoms with Gasteiger partial charge in [0.05, 0.1) is 35.4 Å². The normalized spacial score (nSPS) is 16.0. The Labute approximate surface area is 170 Å². The number of ether oxygens (including phenoxy) is 1. The standard InChI is InChI=1S/C22H26N4O3/c1-5-26-13-16(28-19-9-7-6-8-18(19)26)12-25(4)22(27)15-10-17-20(14(2)3)24-29-21(17)23-11-15/h6-11,14,16H,5,12-13H2,1-4H3/t16-/m0/s1. The van der Waals surface area contributed by atoms with E-state index in [1.54, 1.807) is 18.1 Å². The fourth-order valence-electron chi connectivity index (χ4n) is 3.77. The molecule has 0 saturated heterocycles. The number of rotatable bonds is 5. The monoisotopic (exact) mass is 394 g/mol. The van der Waals surface area contributed by atoms with Crippen LogP contribution >= 0.6 is 0 Å². The third-order valence-corrected chi connectivity index (χ3v) is 5.28. The number of likely N-dealkylation sites (N-methyl/N-ethyl adjacent to an activating group) is 2. The molecule has 0 radical (unpaired) electrons. The summed E-state index contributed by atoms with van der Waals surface area (Å²) in [6.07, 6.45) is 1.45. The maximum Gasteiger partial charge on any atom is 0.257 e. The first-order chi connectivity index (χ1) is 14.0. The van der Waals surface area contributed by atoms with Gasteiger partial charge < -0.3 is 19.1 Å². The van der Waals surface area contributed by atoms with Gasteiger partial charge in [-0.1, -0.05) is 31.1 Å². The molecule has 1 amide bonds. The molecule has 0 spiro atoms. The summed E-state index contributed by atoms with van der Waals surface area (Å²) in [4.78, 5) is 21.3. The molecule has 29 heavy (non-hydrogen) atoms. The van der Waals surface area contributed by atoms with Gasteiger partial charge in [0.2, 0.25) is 0 Å². The van der Waals surface area contributed by atoms with Gasteiger partial charge in [-0.3, -0.25) is 4.79 Å². The summed E-state index contributed by atoms with van der Waals surface area (Å²) in [6.45, 7) is 8.32. The molecule has 0 aliphatic carbocycles. The second-order valence-electron chi connectivity index (χ2n) is 7.73. The van der Waals surface area contributed by atoms with E-state index >= 15 is 0 Å². The highest BCUT2D eigenvalue weighted by Crippen LogP contribution is 2.33. The lowest BCUT2D eigenvalue weighted by Crippen LogP contribution is -2.46. The number of aromatic nitrogens is 2. The van der Waals surface area contributed by atoms with Crippen molar-refractivity contribution in [3.8, 4) is 5.75 Å². The van der Waals surface area contributed by atoms with Gasteiger partial charge in [0.15, 0.2) is 0 Å². The lowest BCUT2D eigenvalue weighted by molar-refractivity contribution is 0.0709. The van der Waals surface area contributed by atoms with Gasteiger partial charge in [-0.15, -0.1) is 0 Å². The molecule has 7 heteroatoms. The van der Waals surface area contributed by atoms with Crippen LogP contribution in [0.3, 0.4) is 0 Å². The zero-order valence-electron chi connectivity index (χ0n) is 17.3. The molecule has 0 bridgehead atoms. The number of fused-ring (bicyclic) bond motifs is 2. The highest BCUT2D eigenvalue weighted by atomic mass is 16.5. The summed E-state index contributed by atoms with van der Waals surface area (Å²) in [5.41, 5.74) is 2.89. The van der Waals surface area contributed by atoms with Crippen LogP contribution in [0.4, 0.5) is 5.69 Å². The predicted molar refractivity (Wildman–Crippen MR) is 112 cm³/mol. The first-order valence-corrected chi connectivity index (χ1v) is 9.99. The Morgan fingerprint density at radius 3 is 2.90 bits per heavy atom. The van der Waals surface area contributed by atoms with E-state index in [-0.39, 0.29) is 17.9 Å². The fraction of sp³-hybridized carbons (Fsp3) is 0.409.